The van der Waals surface area contributed by atoms with Crippen LogP contribution in [0.2, 0.25) is 5.02 Å². The Hall–Kier alpha value is -1.55. The molecule has 1 fully saturated rings. The molecular weight excluding hydrogens is 252 g/mol. The van der Waals surface area contributed by atoms with Gasteiger partial charge < -0.3 is 4.90 Å². The third-order valence-electron chi connectivity index (χ3n) is 3.46. The highest BCUT2D eigenvalue weighted by Gasteiger charge is 2.49. The number of nitrogens with zero attached hydrogens (tertiary/aromatic N) is 2. The number of anilines is 1. The van der Waals surface area contributed by atoms with Crippen molar-refractivity contribution < 1.29 is 9.59 Å². The molecule has 18 heavy (non-hydrogen) atoms. The third kappa shape index (κ3) is 1.68. The number of halogens is 1. The average Bonchev–Trinajstić information content (AvgIpc) is 2.45. The van der Waals surface area contributed by atoms with Gasteiger partial charge in [0.15, 0.2) is 0 Å². The molecule has 1 saturated heterocycles. The van der Waals surface area contributed by atoms with Gasteiger partial charge in [-0.2, -0.15) is 0 Å². The van der Waals surface area contributed by atoms with Crippen LogP contribution in [0.4, 0.5) is 10.5 Å². The quantitative estimate of drug-likeness (QED) is 0.734. The molecule has 4 nitrogen and oxygen atoms in total. The summed E-state index contributed by atoms with van der Waals surface area (Å²) in [4.78, 5) is 27.0. The molecule has 1 heterocycles. The number of hydrogen-bond acceptors (Lipinski definition) is 2. The van der Waals surface area contributed by atoms with Gasteiger partial charge in [-0.15, -0.1) is 0 Å². The van der Waals surface area contributed by atoms with E-state index in [1.165, 1.54) is 9.80 Å². The number of urea groups is 1. The van der Waals surface area contributed by atoms with Gasteiger partial charge in [0, 0.05) is 12.1 Å². The van der Waals surface area contributed by atoms with Crippen LogP contribution in [0.5, 0.6) is 0 Å². The zero-order chi connectivity index (χ0) is 13.7. The Balaban J connectivity index is 2.48. The maximum atomic E-state index is 12.3. The van der Waals surface area contributed by atoms with Crippen LogP contribution < -0.4 is 4.90 Å². The first kappa shape index (κ1) is 12.9. The van der Waals surface area contributed by atoms with Crippen molar-refractivity contribution in [1.82, 2.24) is 4.90 Å². The summed E-state index contributed by atoms with van der Waals surface area (Å²) in [6.45, 7) is 5.32. The molecule has 0 unspecified atom stereocenters. The monoisotopic (exact) mass is 266 g/mol. The predicted molar refractivity (Wildman–Crippen MR) is 70.9 cm³/mol. The number of rotatable bonds is 1. The lowest BCUT2D eigenvalue weighted by Crippen LogP contribution is -2.41. The van der Waals surface area contributed by atoms with E-state index in [1.807, 2.05) is 6.92 Å². The van der Waals surface area contributed by atoms with Crippen LogP contribution >= 0.6 is 11.6 Å². The molecule has 5 heteroatoms. The smallest absolute Gasteiger partial charge is 0.313 e. The molecular formula is C13H15ClN2O2. The van der Waals surface area contributed by atoms with Crippen LogP contribution in [-0.4, -0.2) is 29.4 Å². The van der Waals surface area contributed by atoms with Gasteiger partial charge in [-0.05, 0) is 38.5 Å². The number of amides is 3. The van der Waals surface area contributed by atoms with Crippen molar-refractivity contribution >= 4 is 29.2 Å². The topological polar surface area (TPSA) is 40.6 Å². The Bertz CT molecular complexity index is 540. The van der Waals surface area contributed by atoms with Gasteiger partial charge in [0.25, 0.3) is 5.91 Å². The molecule has 2 rings (SSSR count). The summed E-state index contributed by atoms with van der Waals surface area (Å²) in [5.74, 6) is -0.241. The molecule has 96 valence electrons. The largest absolute Gasteiger partial charge is 0.332 e. The zero-order valence-electron chi connectivity index (χ0n) is 10.8. The summed E-state index contributed by atoms with van der Waals surface area (Å²) in [5, 5.41) is 0.542. The highest BCUT2D eigenvalue weighted by Crippen LogP contribution is 2.32. The van der Waals surface area contributed by atoms with Crippen molar-refractivity contribution in [3.05, 3.63) is 28.8 Å². The molecule has 0 N–H and O–H groups in total. The fourth-order valence-corrected chi connectivity index (χ4v) is 2.02. The molecule has 0 spiro atoms. The molecule has 1 aliphatic rings. The second kappa shape index (κ2) is 3.99. The minimum absolute atomic E-state index is 0.241. The summed E-state index contributed by atoms with van der Waals surface area (Å²) < 4.78 is 0. The van der Waals surface area contributed by atoms with Gasteiger partial charge in [0.05, 0.1) is 5.69 Å². The Morgan fingerprint density at radius 3 is 2.28 bits per heavy atom. The van der Waals surface area contributed by atoms with Crippen molar-refractivity contribution in [3.8, 4) is 0 Å². The van der Waals surface area contributed by atoms with Crippen molar-refractivity contribution in [3.63, 3.8) is 0 Å². The highest BCUT2D eigenvalue weighted by atomic mass is 35.5. The SMILES string of the molecule is Cc1ccc(N2C(=O)N(C)C(C)(C)C2=O)cc1Cl. The molecule has 1 aromatic rings. The van der Waals surface area contributed by atoms with E-state index in [-0.39, 0.29) is 11.9 Å². The van der Waals surface area contributed by atoms with E-state index < -0.39 is 5.54 Å². The first-order valence-corrected chi connectivity index (χ1v) is 6.03. The fourth-order valence-electron chi connectivity index (χ4n) is 1.84. The van der Waals surface area contributed by atoms with E-state index in [1.54, 1.807) is 39.1 Å². The van der Waals surface area contributed by atoms with Gasteiger partial charge in [-0.25, -0.2) is 9.69 Å². The van der Waals surface area contributed by atoms with Crippen LogP contribution in [0.25, 0.3) is 0 Å². The first-order chi connectivity index (χ1) is 8.26. The van der Waals surface area contributed by atoms with E-state index in [0.29, 0.717) is 10.7 Å². The lowest BCUT2D eigenvalue weighted by Gasteiger charge is -2.22. The average molecular weight is 267 g/mol. The van der Waals surface area contributed by atoms with Crippen LogP contribution in [0.3, 0.4) is 0 Å². The van der Waals surface area contributed by atoms with E-state index >= 15 is 0 Å². The predicted octanol–water partition coefficient (Wildman–Crippen LogP) is 2.83. The van der Waals surface area contributed by atoms with Crippen LogP contribution in [0, 0.1) is 6.92 Å². The zero-order valence-corrected chi connectivity index (χ0v) is 11.6. The lowest BCUT2D eigenvalue weighted by molar-refractivity contribution is -0.123. The molecule has 1 aliphatic heterocycles. The molecule has 3 amide bonds. The third-order valence-corrected chi connectivity index (χ3v) is 3.86. The number of carbonyl (C=O) groups excluding carboxylic acids is 2. The number of likely N-dealkylation sites (N-methyl/N-ethyl adjacent to an activating group) is 1. The molecule has 0 bridgehead atoms. The maximum Gasteiger partial charge on any atom is 0.332 e. The number of hydrogen-bond donors (Lipinski definition) is 0. The molecule has 0 aromatic heterocycles. The van der Waals surface area contributed by atoms with Crippen LogP contribution in [-0.2, 0) is 4.79 Å². The summed E-state index contributed by atoms with van der Waals surface area (Å²) in [5.41, 5.74) is 0.596. The summed E-state index contributed by atoms with van der Waals surface area (Å²) in [6.07, 6.45) is 0. The normalized spacial score (nSPS) is 18.7. The Labute approximate surface area is 111 Å². The number of imide groups is 1. The van der Waals surface area contributed by atoms with Crippen molar-refractivity contribution in [2.75, 3.05) is 11.9 Å². The van der Waals surface area contributed by atoms with Crippen molar-refractivity contribution in [1.29, 1.82) is 0 Å². The summed E-state index contributed by atoms with van der Waals surface area (Å²) in [7, 11) is 1.62. The first-order valence-electron chi connectivity index (χ1n) is 5.65. The maximum absolute atomic E-state index is 12.3. The standard InChI is InChI=1S/C13H15ClN2O2/c1-8-5-6-9(7-10(8)14)16-11(17)13(2,3)15(4)12(16)18/h5-7H,1-4H3. The Morgan fingerprint density at radius 2 is 1.83 bits per heavy atom. The number of benzene rings is 1. The van der Waals surface area contributed by atoms with Gasteiger partial charge in [-0.1, -0.05) is 17.7 Å². The molecule has 1 aromatic carbocycles. The summed E-state index contributed by atoms with van der Waals surface area (Å²) >= 11 is 6.03. The number of carbonyl (C=O) groups is 2. The molecule has 0 aliphatic carbocycles. The second-order valence-corrected chi connectivity index (χ2v) is 5.38. The highest BCUT2D eigenvalue weighted by molar-refractivity contribution is 6.32. The van der Waals surface area contributed by atoms with E-state index in [4.69, 9.17) is 11.6 Å². The van der Waals surface area contributed by atoms with Gasteiger partial charge >= 0.3 is 6.03 Å². The fraction of sp³-hybridized carbons (Fsp3) is 0.385. The molecule has 0 radical (unpaired) electrons. The van der Waals surface area contributed by atoms with Crippen molar-refractivity contribution in [2.45, 2.75) is 26.3 Å². The van der Waals surface area contributed by atoms with Crippen LogP contribution in [0.1, 0.15) is 19.4 Å². The van der Waals surface area contributed by atoms with E-state index in [2.05, 4.69) is 0 Å². The van der Waals surface area contributed by atoms with E-state index in [0.717, 1.165) is 5.56 Å². The van der Waals surface area contributed by atoms with Crippen molar-refractivity contribution in [2.24, 2.45) is 0 Å². The lowest BCUT2D eigenvalue weighted by atomic mass is 10.0. The van der Waals surface area contributed by atoms with Gasteiger partial charge in [-0.3, -0.25) is 4.79 Å². The molecule has 0 atom stereocenters. The van der Waals surface area contributed by atoms with Gasteiger partial charge in [0.1, 0.15) is 5.54 Å². The Morgan fingerprint density at radius 1 is 1.22 bits per heavy atom. The Kier molecular flexibility index (Phi) is 2.86. The van der Waals surface area contributed by atoms with E-state index in [9.17, 15) is 9.59 Å². The summed E-state index contributed by atoms with van der Waals surface area (Å²) in [6, 6.07) is 4.84. The molecule has 0 saturated carbocycles. The van der Waals surface area contributed by atoms with Gasteiger partial charge in [0.2, 0.25) is 0 Å². The minimum atomic E-state index is -0.825. The number of aryl methyl sites for hydroxylation is 1. The minimum Gasteiger partial charge on any atom is -0.313 e. The second-order valence-electron chi connectivity index (χ2n) is 4.97. The van der Waals surface area contributed by atoms with Crippen LogP contribution in [0.15, 0.2) is 18.2 Å².